The molecular weight excluding hydrogens is 352 g/mol. The zero-order valence-electron chi connectivity index (χ0n) is 11.6. The maximum atomic E-state index is 12.8. The molecule has 5 heteroatoms. The van der Waals surface area contributed by atoms with Crippen molar-refractivity contribution in [3.63, 3.8) is 0 Å². The number of nitrogens with zero attached hydrogens (tertiary/aromatic N) is 1. The molecule has 0 saturated carbocycles. The number of anilines is 2. The lowest BCUT2D eigenvalue weighted by atomic mass is 10.1. The lowest BCUT2D eigenvalue weighted by molar-refractivity contribution is 0.0986. The summed E-state index contributed by atoms with van der Waals surface area (Å²) in [6, 6.07) is 12.5. The second kappa shape index (κ2) is 6.96. The number of amides is 1. The molecule has 0 unspecified atom stereocenters. The molecule has 1 amide bonds. The van der Waals surface area contributed by atoms with E-state index in [1.807, 2.05) is 19.1 Å². The van der Waals surface area contributed by atoms with Gasteiger partial charge >= 0.3 is 0 Å². The third kappa shape index (κ3) is 3.77. The van der Waals surface area contributed by atoms with E-state index in [-0.39, 0.29) is 5.91 Å². The summed E-state index contributed by atoms with van der Waals surface area (Å²) >= 11 is 9.41. The molecule has 0 aliphatic carbocycles. The number of halogens is 2. The van der Waals surface area contributed by atoms with Crippen molar-refractivity contribution < 1.29 is 4.79 Å². The lowest BCUT2D eigenvalue weighted by Crippen LogP contribution is -2.31. The lowest BCUT2D eigenvalue weighted by Gasteiger charge is -2.23. The van der Waals surface area contributed by atoms with Crippen molar-refractivity contribution in [3.05, 3.63) is 57.5 Å². The van der Waals surface area contributed by atoms with Crippen molar-refractivity contribution in [2.45, 2.75) is 13.3 Å². The smallest absolute Gasteiger partial charge is 0.259 e. The third-order valence-electron chi connectivity index (χ3n) is 3.06. The number of hydrogen-bond acceptors (Lipinski definition) is 2. The molecule has 0 radical (unpaired) electrons. The van der Waals surface area contributed by atoms with Crippen molar-refractivity contribution in [1.82, 2.24) is 0 Å². The fourth-order valence-electron chi connectivity index (χ4n) is 2.03. The Morgan fingerprint density at radius 3 is 2.52 bits per heavy atom. The predicted octanol–water partition coefficient (Wildman–Crippen LogP) is 4.74. The summed E-state index contributed by atoms with van der Waals surface area (Å²) in [7, 11) is 0. The van der Waals surface area contributed by atoms with Gasteiger partial charge in [0.2, 0.25) is 0 Å². The number of rotatable bonds is 4. The van der Waals surface area contributed by atoms with Gasteiger partial charge in [-0.1, -0.05) is 18.5 Å². The summed E-state index contributed by atoms with van der Waals surface area (Å²) in [6.07, 6.45) is 0.855. The standard InChI is InChI=1S/C16H16BrClN2O/c1-2-9-20(13-6-4-12(19)5-7-13)16(21)14-10-11(18)3-8-15(14)17/h3-8,10H,2,9,19H2,1H3. The fraction of sp³-hybridized carbons (Fsp3) is 0.188. The van der Waals surface area contributed by atoms with Crippen molar-refractivity contribution in [2.24, 2.45) is 0 Å². The van der Waals surface area contributed by atoms with Crippen molar-refractivity contribution >= 4 is 44.8 Å². The first-order valence-corrected chi connectivity index (χ1v) is 7.82. The quantitative estimate of drug-likeness (QED) is 0.793. The van der Waals surface area contributed by atoms with Crippen LogP contribution in [0.25, 0.3) is 0 Å². The zero-order chi connectivity index (χ0) is 15.4. The van der Waals surface area contributed by atoms with Gasteiger partial charge in [-0.3, -0.25) is 4.79 Å². The van der Waals surface area contributed by atoms with Gasteiger partial charge in [-0.25, -0.2) is 0 Å². The second-order valence-electron chi connectivity index (χ2n) is 4.67. The van der Waals surface area contributed by atoms with Crippen molar-refractivity contribution in [1.29, 1.82) is 0 Å². The van der Waals surface area contributed by atoms with Gasteiger partial charge in [0.25, 0.3) is 5.91 Å². The van der Waals surface area contributed by atoms with E-state index in [1.165, 1.54) is 0 Å². The highest BCUT2D eigenvalue weighted by Gasteiger charge is 2.19. The summed E-state index contributed by atoms with van der Waals surface area (Å²) in [4.78, 5) is 14.5. The molecule has 21 heavy (non-hydrogen) atoms. The Hall–Kier alpha value is -1.52. The molecule has 110 valence electrons. The molecule has 3 nitrogen and oxygen atoms in total. The average Bonchev–Trinajstić information content (AvgIpc) is 2.48. The number of benzene rings is 2. The summed E-state index contributed by atoms with van der Waals surface area (Å²) < 4.78 is 0.730. The Kier molecular flexibility index (Phi) is 5.26. The average molecular weight is 368 g/mol. The van der Waals surface area contributed by atoms with Crippen LogP contribution < -0.4 is 10.6 Å². The van der Waals surface area contributed by atoms with Gasteiger partial charge in [0.15, 0.2) is 0 Å². The summed E-state index contributed by atoms with van der Waals surface area (Å²) in [6.45, 7) is 2.66. The summed E-state index contributed by atoms with van der Waals surface area (Å²) in [5.74, 6) is -0.0870. The SMILES string of the molecule is CCCN(C(=O)c1cc(Cl)ccc1Br)c1ccc(N)cc1. The minimum Gasteiger partial charge on any atom is -0.399 e. The molecule has 2 aromatic rings. The van der Waals surface area contributed by atoms with E-state index in [0.717, 1.165) is 16.6 Å². The van der Waals surface area contributed by atoms with Crippen LogP contribution in [0, 0.1) is 0 Å². The van der Waals surface area contributed by atoms with Gasteiger partial charge in [0.05, 0.1) is 5.56 Å². The fourth-order valence-corrected chi connectivity index (χ4v) is 2.62. The number of carbonyl (C=O) groups is 1. The van der Waals surface area contributed by atoms with Gasteiger partial charge in [0.1, 0.15) is 0 Å². The number of hydrogen-bond donors (Lipinski definition) is 1. The van der Waals surface area contributed by atoms with E-state index in [9.17, 15) is 4.79 Å². The van der Waals surface area contributed by atoms with Crippen LogP contribution in [0.2, 0.25) is 5.02 Å². The van der Waals surface area contributed by atoms with Crippen molar-refractivity contribution in [3.8, 4) is 0 Å². The first-order chi connectivity index (χ1) is 10.0. The Morgan fingerprint density at radius 2 is 1.90 bits per heavy atom. The Balaban J connectivity index is 2.39. The van der Waals surface area contributed by atoms with Crippen LogP contribution in [-0.2, 0) is 0 Å². The summed E-state index contributed by atoms with van der Waals surface area (Å²) in [5, 5.41) is 0.537. The minimum atomic E-state index is -0.0870. The summed E-state index contributed by atoms with van der Waals surface area (Å²) in [5.41, 5.74) is 7.75. The van der Waals surface area contributed by atoms with E-state index < -0.39 is 0 Å². The molecule has 0 saturated heterocycles. The highest BCUT2D eigenvalue weighted by molar-refractivity contribution is 9.10. The van der Waals surface area contributed by atoms with Crippen LogP contribution in [-0.4, -0.2) is 12.5 Å². The zero-order valence-corrected chi connectivity index (χ0v) is 14.0. The van der Waals surface area contributed by atoms with Crippen LogP contribution in [0.5, 0.6) is 0 Å². The first kappa shape index (κ1) is 15.9. The Morgan fingerprint density at radius 1 is 1.24 bits per heavy atom. The molecule has 0 bridgehead atoms. The molecule has 0 atom stereocenters. The number of nitrogens with two attached hydrogens (primary N) is 1. The van der Waals surface area contributed by atoms with Crippen LogP contribution >= 0.6 is 27.5 Å². The largest absolute Gasteiger partial charge is 0.399 e. The molecule has 0 heterocycles. The minimum absolute atomic E-state index is 0.0870. The van der Waals surface area contributed by atoms with E-state index in [4.69, 9.17) is 17.3 Å². The third-order valence-corrected chi connectivity index (χ3v) is 3.98. The van der Waals surface area contributed by atoms with Crippen LogP contribution in [0.1, 0.15) is 23.7 Å². The molecule has 2 N–H and O–H groups in total. The van der Waals surface area contributed by atoms with Crippen molar-refractivity contribution in [2.75, 3.05) is 17.2 Å². The van der Waals surface area contributed by atoms with E-state index in [2.05, 4.69) is 15.9 Å². The number of nitrogen functional groups attached to an aromatic ring is 1. The monoisotopic (exact) mass is 366 g/mol. The second-order valence-corrected chi connectivity index (χ2v) is 5.96. The Labute approximate surface area is 137 Å². The van der Waals surface area contributed by atoms with E-state index in [1.54, 1.807) is 35.2 Å². The van der Waals surface area contributed by atoms with Crippen LogP contribution in [0.3, 0.4) is 0 Å². The van der Waals surface area contributed by atoms with Gasteiger partial charge in [0, 0.05) is 27.4 Å². The maximum Gasteiger partial charge on any atom is 0.259 e. The van der Waals surface area contributed by atoms with Gasteiger partial charge in [-0.05, 0) is 64.8 Å². The highest BCUT2D eigenvalue weighted by atomic mass is 79.9. The molecule has 0 spiro atoms. The molecule has 0 aromatic heterocycles. The predicted molar refractivity (Wildman–Crippen MR) is 92.0 cm³/mol. The van der Waals surface area contributed by atoms with E-state index in [0.29, 0.717) is 22.8 Å². The molecule has 0 aliphatic heterocycles. The highest BCUT2D eigenvalue weighted by Crippen LogP contribution is 2.25. The molecule has 0 fully saturated rings. The molecule has 2 rings (SSSR count). The van der Waals surface area contributed by atoms with Crippen LogP contribution in [0.15, 0.2) is 46.9 Å². The molecular formula is C16H16BrClN2O. The normalized spacial score (nSPS) is 10.4. The molecule has 2 aromatic carbocycles. The molecule has 0 aliphatic rings. The van der Waals surface area contributed by atoms with Gasteiger partial charge in [-0.15, -0.1) is 0 Å². The van der Waals surface area contributed by atoms with Gasteiger partial charge in [-0.2, -0.15) is 0 Å². The van der Waals surface area contributed by atoms with Gasteiger partial charge < -0.3 is 10.6 Å². The Bertz CT molecular complexity index is 643. The number of carbonyl (C=O) groups excluding carboxylic acids is 1. The first-order valence-electron chi connectivity index (χ1n) is 6.65. The van der Waals surface area contributed by atoms with E-state index >= 15 is 0 Å². The maximum absolute atomic E-state index is 12.8. The van der Waals surface area contributed by atoms with Crippen LogP contribution in [0.4, 0.5) is 11.4 Å². The topological polar surface area (TPSA) is 46.3 Å².